The van der Waals surface area contributed by atoms with Gasteiger partial charge in [0.2, 0.25) is 0 Å². The third-order valence-electron chi connectivity index (χ3n) is 5.43. The van der Waals surface area contributed by atoms with Crippen LogP contribution in [0, 0.1) is 19.8 Å². The van der Waals surface area contributed by atoms with Crippen molar-refractivity contribution in [2.24, 2.45) is 10.9 Å². The van der Waals surface area contributed by atoms with Gasteiger partial charge in [-0.3, -0.25) is 4.99 Å². The number of hydrogen-bond acceptors (Lipinski definition) is 4. The largest absolute Gasteiger partial charge is 0.493 e. The lowest BCUT2D eigenvalue weighted by atomic mass is 10.1. The highest BCUT2D eigenvalue weighted by atomic mass is 127. The van der Waals surface area contributed by atoms with E-state index >= 15 is 0 Å². The second-order valence-corrected chi connectivity index (χ2v) is 7.88. The minimum absolute atomic E-state index is 0. The summed E-state index contributed by atoms with van der Waals surface area (Å²) in [7, 11) is 1.80. The monoisotopic (exact) mass is 541 g/mol. The first kappa shape index (κ1) is 25.5. The predicted octanol–water partition coefficient (Wildman–Crippen LogP) is 3.68. The number of aromatic nitrogens is 2. The van der Waals surface area contributed by atoms with Crippen LogP contribution in [0.3, 0.4) is 0 Å². The molecule has 7 nitrogen and oxygen atoms in total. The fourth-order valence-electron chi connectivity index (χ4n) is 3.52. The van der Waals surface area contributed by atoms with Gasteiger partial charge in [0.15, 0.2) is 5.96 Å². The highest BCUT2D eigenvalue weighted by molar-refractivity contribution is 14.0. The Morgan fingerprint density at radius 2 is 2.16 bits per heavy atom. The quantitative estimate of drug-likeness (QED) is 0.208. The number of aliphatic imine (C=N–C) groups is 1. The van der Waals surface area contributed by atoms with Crippen molar-refractivity contribution < 1.29 is 9.47 Å². The van der Waals surface area contributed by atoms with E-state index in [2.05, 4.69) is 50.3 Å². The molecule has 1 fully saturated rings. The molecular weight excluding hydrogens is 505 g/mol. The first-order chi connectivity index (χ1) is 14.7. The van der Waals surface area contributed by atoms with Crippen molar-refractivity contribution in [2.75, 3.05) is 33.4 Å². The first-order valence-electron chi connectivity index (χ1n) is 10.9. The van der Waals surface area contributed by atoms with Crippen molar-refractivity contribution in [1.82, 2.24) is 20.2 Å². The molecule has 1 unspecified atom stereocenters. The summed E-state index contributed by atoms with van der Waals surface area (Å²) < 4.78 is 13.8. The van der Waals surface area contributed by atoms with Crippen LogP contribution in [0.5, 0.6) is 5.75 Å². The number of ether oxygens (including phenoxy) is 2. The second-order valence-electron chi connectivity index (χ2n) is 7.88. The van der Waals surface area contributed by atoms with Gasteiger partial charge in [0.1, 0.15) is 11.6 Å². The van der Waals surface area contributed by atoms with E-state index in [4.69, 9.17) is 9.47 Å². The van der Waals surface area contributed by atoms with Gasteiger partial charge in [-0.15, -0.1) is 24.0 Å². The lowest BCUT2D eigenvalue weighted by Gasteiger charge is -2.17. The first-order valence-corrected chi connectivity index (χ1v) is 10.9. The molecule has 2 aromatic rings. The van der Waals surface area contributed by atoms with Crippen LogP contribution < -0.4 is 15.4 Å². The Hall–Kier alpha value is -1.81. The Bertz CT molecular complexity index is 818. The Kier molecular flexibility index (Phi) is 11.1. The molecule has 0 aliphatic carbocycles. The van der Waals surface area contributed by atoms with E-state index in [1.165, 1.54) is 5.56 Å². The zero-order valence-electron chi connectivity index (χ0n) is 18.9. The molecule has 1 atom stereocenters. The fraction of sp³-hybridized carbons (Fsp3) is 0.565. The van der Waals surface area contributed by atoms with Gasteiger partial charge >= 0.3 is 0 Å². The van der Waals surface area contributed by atoms with Crippen molar-refractivity contribution in [1.29, 1.82) is 0 Å². The summed E-state index contributed by atoms with van der Waals surface area (Å²) in [5.74, 6) is 3.31. The molecule has 1 aromatic heterocycles. The number of guanidine groups is 1. The van der Waals surface area contributed by atoms with Gasteiger partial charge in [0, 0.05) is 57.2 Å². The maximum Gasteiger partial charge on any atom is 0.191 e. The van der Waals surface area contributed by atoms with Gasteiger partial charge in [0.25, 0.3) is 0 Å². The molecule has 31 heavy (non-hydrogen) atoms. The van der Waals surface area contributed by atoms with Gasteiger partial charge < -0.3 is 24.7 Å². The second kappa shape index (κ2) is 13.6. The van der Waals surface area contributed by atoms with Crippen LogP contribution in [-0.2, 0) is 17.8 Å². The molecular formula is C23H36IN5O2. The van der Waals surface area contributed by atoms with Crippen LogP contribution >= 0.6 is 24.0 Å². The van der Waals surface area contributed by atoms with Crippen LogP contribution in [0.1, 0.15) is 36.2 Å². The number of hydrogen-bond donors (Lipinski definition) is 2. The smallest absolute Gasteiger partial charge is 0.191 e. The minimum atomic E-state index is 0. The van der Waals surface area contributed by atoms with Crippen LogP contribution in [0.2, 0.25) is 0 Å². The molecule has 1 aliphatic rings. The molecule has 1 saturated heterocycles. The van der Waals surface area contributed by atoms with Gasteiger partial charge in [-0.1, -0.05) is 12.1 Å². The number of rotatable bonds is 10. The van der Waals surface area contributed by atoms with Gasteiger partial charge in [-0.05, 0) is 44.7 Å². The van der Waals surface area contributed by atoms with Crippen molar-refractivity contribution in [3.8, 4) is 5.75 Å². The van der Waals surface area contributed by atoms with Crippen molar-refractivity contribution in [3.05, 3.63) is 47.5 Å². The van der Waals surface area contributed by atoms with E-state index in [1.54, 1.807) is 7.05 Å². The number of benzene rings is 1. The molecule has 2 heterocycles. The Morgan fingerprint density at radius 1 is 1.29 bits per heavy atom. The Labute approximate surface area is 203 Å². The molecule has 0 saturated carbocycles. The highest BCUT2D eigenvalue weighted by Crippen LogP contribution is 2.22. The number of imidazole rings is 1. The molecule has 2 N–H and O–H groups in total. The third-order valence-corrected chi connectivity index (χ3v) is 5.43. The number of aryl methyl sites for hydroxylation is 3. The van der Waals surface area contributed by atoms with Gasteiger partial charge in [0.05, 0.1) is 13.2 Å². The van der Waals surface area contributed by atoms with E-state index in [0.29, 0.717) is 19.1 Å². The van der Waals surface area contributed by atoms with E-state index < -0.39 is 0 Å². The average Bonchev–Trinajstić information content (AvgIpc) is 3.41. The van der Waals surface area contributed by atoms with E-state index in [-0.39, 0.29) is 24.0 Å². The van der Waals surface area contributed by atoms with Crippen molar-refractivity contribution in [2.45, 2.75) is 46.2 Å². The SMILES string of the molecule is CN=C(NCCCCn1ccnc1C)NCc1ccc(C)cc1OCC1CCOC1.I. The summed E-state index contributed by atoms with van der Waals surface area (Å²) in [5, 5.41) is 6.80. The van der Waals surface area contributed by atoms with E-state index in [9.17, 15) is 0 Å². The number of halogens is 1. The molecule has 0 radical (unpaired) electrons. The molecule has 8 heteroatoms. The number of nitrogens with zero attached hydrogens (tertiary/aromatic N) is 3. The fourth-order valence-corrected chi connectivity index (χ4v) is 3.52. The highest BCUT2D eigenvalue weighted by Gasteiger charge is 2.17. The summed E-state index contributed by atoms with van der Waals surface area (Å²) in [6.45, 7) is 9.03. The Morgan fingerprint density at radius 3 is 2.87 bits per heavy atom. The number of nitrogens with one attached hydrogen (secondary N) is 2. The molecule has 1 aromatic carbocycles. The molecule has 3 rings (SSSR count). The summed E-state index contributed by atoms with van der Waals surface area (Å²) in [6, 6.07) is 6.36. The minimum Gasteiger partial charge on any atom is -0.493 e. The molecule has 0 spiro atoms. The number of unbranched alkanes of at least 4 members (excludes halogenated alkanes) is 1. The summed E-state index contributed by atoms with van der Waals surface area (Å²) in [5.41, 5.74) is 2.34. The van der Waals surface area contributed by atoms with E-state index in [1.807, 2.05) is 19.3 Å². The van der Waals surface area contributed by atoms with E-state index in [0.717, 1.165) is 68.7 Å². The third kappa shape index (κ3) is 8.33. The molecule has 1 aliphatic heterocycles. The standard InChI is InChI=1S/C23H35N5O2.HI/c1-18-6-7-21(22(14-18)30-17-20-8-13-29-16-20)15-27-23(24-3)26-9-4-5-11-28-12-10-25-19(28)2;/h6-7,10,12,14,20H,4-5,8-9,11,13,15-17H2,1-3H3,(H2,24,26,27);1H. The lowest BCUT2D eigenvalue weighted by Crippen LogP contribution is -2.37. The van der Waals surface area contributed by atoms with Gasteiger partial charge in [-0.2, -0.15) is 0 Å². The Balaban J connectivity index is 0.00000341. The summed E-state index contributed by atoms with van der Waals surface area (Å²) in [4.78, 5) is 8.60. The average molecular weight is 541 g/mol. The van der Waals surface area contributed by atoms with Crippen molar-refractivity contribution >= 4 is 29.9 Å². The topological polar surface area (TPSA) is 72.7 Å². The molecule has 0 bridgehead atoms. The van der Waals surface area contributed by atoms with Crippen LogP contribution in [-0.4, -0.2) is 48.9 Å². The zero-order valence-corrected chi connectivity index (χ0v) is 21.2. The van der Waals surface area contributed by atoms with Crippen LogP contribution in [0.4, 0.5) is 0 Å². The predicted molar refractivity (Wildman–Crippen MR) is 135 cm³/mol. The van der Waals surface area contributed by atoms with Crippen LogP contribution in [0.15, 0.2) is 35.6 Å². The zero-order chi connectivity index (χ0) is 21.2. The molecule has 0 amide bonds. The van der Waals surface area contributed by atoms with Crippen molar-refractivity contribution in [3.63, 3.8) is 0 Å². The van der Waals surface area contributed by atoms with Gasteiger partial charge in [-0.25, -0.2) is 4.98 Å². The maximum absolute atomic E-state index is 6.14. The summed E-state index contributed by atoms with van der Waals surface area (Å²) >= 11 is 0. The summed E-state index contributed by atoms with van der Waals surface area (Å²) in [6.07, 6.45) is 7.13. The lowest BCUT2D eigenvalue weighted by molar-refractivity contribution is 0.166. The maximum atomic E-state index is 6.14. The normalized spacial score (nSPS) is 16.1. The van der Waals surface area contributed by atoms with Crippen LogP contribution in [0.25, 0.3) is 0 Å². The molecule has 172 valence electrons.